The fraction of sp³-hybridized carbons (Fsp3) is 0.700. The Labute approximate surface area is 154 Å². The van der Waals surface area contributed by atoms with Gasteiger partial charge in [0.05, 0.1) is 53.6 Å². The molecule has 26 heavy (non-hydrogen) atoms. The second kappa shape index (κ2) is 5.75. The summed E-state index contributed by atoms with van der Waals surface area (Å²) in [6.07, 6.45) is -0.0188. The molecule has 4 aliphatic rings. The highest BCUT2D eigenvalue weighted by Crippen LogP contribution is 2.48. The quantitative estimate of drug-likeness (QED) is 0.524. The van der Waals surface area contributed by atoms with Crippen LogP contribution in [0.3, 0.4) is 0 Å². The van der Waals surface area contributed by atoms with E-state index < -0.39 is 0 Å². The molecule has 6 nitrogen and oxygen atoms in total. The number of nitro groups is 1. The molecule has 0 radical (unpaired) electrons. The number of aliphatic hydroxyl groups excluding tert-OH is 1. The van der Waals surface area contributed by atoms with Crippen LogP contribution in [0.15, 0.2) is 24.3 Å². The smallest absolute Gasteiger partial charge is 0.270 e. The molecular formula is C20H31N3O3+2. The van der Waals surface area contributed by atoms with E-state index in [1.54, 1.807) is 12.1 Å². The molecule has 5 rings (SSSR count). The summed E-state index contributed by atoms with van der Waals surface area (Å²) in [4.78, 5) is 13.9. The van der Waals surface area contributed by atoms with Crippen LogP contribution in [-0.2, 0) is 0 Å². The van der Waals surface area contributed by atoms with Gasteiger partial charge < -0.3 is 5.11 Å². The van der Waals surface area contributed by atoms with Crippen molar-refractivity contribution in [2.45, 2.75) is 40.0 Å². The number of rotatable bonds is 4. The third kappa shape index (κ3) is 2.22. The number of quaternary nitrogens is 2. The Balaban J connectivity index is 1.76. The number of hydrogen-bond acceptors (Lipinski definition) is 3. The molecule has 0 aromatic heterocycles. The zero-order valence-electron chi connectivity index (χ0n) is 16.2. The topological polar surface area (TPSA) is 72.2 Å². The highest BCUT2D eigenvalue weighted by Gasteiger charge is 2.72. The Morgan fingerprint density at radius 2 is 1.58 bits per heavy atom. The molecule has 4 saturated heterocycles. The molecule has 142 valence electrons. The largest absolute Gasteiger partial charge is 0.391 e. The lowest BCUT2D eigenvalue weighted by molar-refractivity contribution is -1.19. The van der Waals surface area contributed by atoms with E-state index in [1.165, 1.54) is 9.80 Å². The molecule has 4 fully saturated rings. The first-order valence-electron chi connectivity index (χ1n) is 9.83. The van der Waals surface area contributed by atoms with Crippen LogP contribution in [0.2, 0.25) is 0 Å². The molecule has 1 aromatic rings. The van der Waals surface area contributed by atoms with Crippen LogP contribution in [0, 0.1) is 32.8 Å². The summed E-state index contributed by atoms with van der Waals surface area (Å²) in [6.45, 7) is 12.8. The second-order valence-electron chi connectivity index (χ2n) is 9.49. The molecule has 4 heterocycles. The summed E-state index contributed by atoms with van der Waals surface area (Å²) >= 11 is 0. The van der Waals surface area contributed by atoms with Gasteiger partial charge in [0.25, 0.3) is 5.69 Å². The third-order valence-electron chi connectivity index (χ3n) is 7.84. The monoisotopic (exact) mass is 361 g/mol. The number of non-ortho nitro benzene ring substituents is 1. The van der Waals surface area contributed by atoms with E-state index in [-0.39, 0.29) is 33.7 Å². The lowest BCUT2D eigenvalue weighted by atomic mass is 9.52. The van der Waals surface area contributed by atoms with Gasteiger partial charge in [0.2, 0.25) is 6.17 Å². The maximum Gasteiger partial charge on any atom is 0.270 e. The lowest BCUT2D eigenvalue weighted by Gasteiger charge is -2.66. The van der Waals surface area contributed by atoms with E-state index in [1.807, 2.05) is 12.1 Å². The van der Waals surface area contributed by atoms with Crippen LogP contribution < -0.4 is 9.80 Å². The second-order valence-corrected chi connectivity index (χ2v) is 9.49. The van der Waals surface area contributed by atoms with E-state index in [0.29, 0.717) is 11.8 Å². The molecule has 0 atom stereocenters. The molecule has 3 N–H and O–H groups in total. The average Bonchev–Trinajstić information content (AvgIpc) is 2.58. The number of aliphatic hydroxyl groups is 1. The molecule has 0 amide bonds. The van der Waals surface area contributed by atoms with Crippen molar-refractivity contribution >= 4 is 5.69 Å². The number of hydrogen-bond donors (Lipinski definition) is 3. The molecule has 0 spiro atoms. The summed E-state index contributed by atoms with van der Waals surface area (Å²) in [6, 6.07) is 7.18. The first-order valence-corrected chi connectivity index (χ1v) is 9.83. The minimum atomic E-state index is -0.302. The van der Waals surface area contributed by atoms with Crippen LogP contribution in [-0.4, -0.2) is 42.3 Å². The van der Waals surface area contributed by atoms with Gasteiger partial charge in [0.1, 0.15) is 0 Å². The highest BCUT2D eigenvalue weighted by molar-refractivity contribution is 5.34. The number of benzene rings is 1. The zero-order valence-corrected chi connectivity index (χ0v) is 16.2. The van der Waals surface area contributed by atoms with E-state index in [9.17, 15) is 15.2 Å². The summed E-state index contributed by atoms with van der Waals surface area (Å²) in [5.74, 6) is 0.847. The van der Waals surface area contributed by atoms with E-state index in [0.717, 1.165) is 31.7 Å². The number of piperidine rings is 2. The Morgan fingerprint density at radius 3 is 2.00 bits per heavy atom. The minimum absolute atomic E-state index is 0.0529. The number of nitrogens with zero attached hydrogens (tertiary/aromatic N) is 1. The Bertz CT molecular complexity index is 689. The number of nitro benzene ring substituents is 1. The van der Waals surface area contributed by atoms with Crippen LogP contribution in [0.25, 0.3) is 0 Å². The Kier molecular flexibility index (Phi) is 3.95. The van der Waals surface area contributed by atoms with Crippen molar-refractivity contribution in [1.29, 1.82) is 0 Å². The van der Waals surface area contributed by atoms with Gasteiger partial charge >= 0.3 is 0 Å². The molecule has 0 saturated carbocycles. The van der Waals surface area contributed by atoms with Crippen molar-refractivity contribution < 1.29 is 19.8 Å². The molecule has 4 aliphatic heterocycles. The summed E-state index contributed by atoms with van der Waals surface area (Å²) < 4.78 is 0. The van der Waals surface area contributed by atoms with Gasteiger partial charge in [0, 0.05) is 12.1 Å². The van der Waals surface area contributed by atoms with Crippen LogP contribution in [0.1, 0.15) is 39.4 Å². The van der Waals surface area contributed by atoms with Crippen molar-refractivity contribution in [3.05, 3.63) is 39.9 Å². The maximum atomic E-state index is 11.4. The molecule has 4 bridgehead atoms. The zero-order chi connectivity index (χ0) is 18.9. The van der Waals surface area contributed by atoms with Crippen molar-refractivity contribution in [3.8, 4) is 0 Å². The fourth-order valence-electron chi connectivity index (χ4n) is 6.33. The van der Waals surface area contributed by atoms with Crippen LogP contribution >= 0.6 is 0 Å². The molecule has 6 heteroatoms. The molecular weight excluding hydrogens is 330 g/mol. The van der Waals surface area contributed by atoms with Gasteiger partial charge in [-0.05, 0) is 17.9 Å². The van der Waals surface area contributed by atoms with Gasteiger partial charge in [-0.2, -0.15) is 0 Å². The number of nitrogens with one attached hydrogen (secondary N) is 2. The van der Waals surface area contributed by atoms with Gasteiger partial charge in [-0.3, -0.25) is 19.9 Å². The molecule has 1 aromatic carbocycles. The van der Waals surface area contributed by atoms with Crippen molar-refractivity contribution in [2.24, 2.45) is 22.7 Å². The SMILES string of the molecule is CC(C)C12C[NH+]3CC(C(C)C)(C[NH+](C1)C3c1cccc([N+](=O)[O-])c1)C2O. The molecule has 0 aliphatic carbocycles. The van der Waals surface area contributed by atoms with Crippen LogP contribution in [0.5, 0.6) is 0 Å². The van der Waals surface area contributed by atoms with E-state index in [2.05, 4.69) is 27.7 Å². The van der Waals surface area contributed by atoms with Gasteiger partial charge in [-0.15, -0.1) is 0 Å². The maximum absolute atomic E-state index is 11.4. The highest BCUT2D eigenvalue weighted by atomic mass is 16.6. The summed E-state index contributed by atoms with van der Waals surface area (Å²) in [5.41, 5.74) is 1.13. The average molecular weight is 361 g/mol. The van der Waals surface area contributed by atoms with Crippen molar-refractivity contribution in [2.75, 3.05) is 26.2 Å². The normalized spacial score (nSPS) is 41.2. The van der Waals surface area contributed by atoms with E-state index >= 15 is 0 Å². The van der Waals surface area contributed by atoms with Crippen LogP contribution in [0.4, 0.5) is 5.69 Å². The van der Waals surface area contributed by atoms with Gasteiger partial charge in [-0.1, -0.05) is 33.8 Å². The Hall–Kier alpha value is -1.50. The standard InChI is InChI=1S/C20H29N3O3/c1-13(2)19-9-21-11-20(14(3)4,18(19)24)12-22(10-19)17(21)15-6-5-7-16(8-15)23(25)26/h5-8,13-14,17-18,24H,9-12H2,1-4H3/p+2. The lowest BCUT2D eigenvalue weighted by Crippen LogP contribution is -3.41. The minimum Gasteiger partial charge on any atom is -0.391 e. The predicted octanol–water partition coefficient (Wildman–Crippen LogP) is 0.0497. The first-order chi connectivity index (χ1) is 12.2. The van der Waals surface area contributed by atoms with Crippen molar-refractivity contribution in [1.82, 2.24) is 0 Å². The Morgan fingerprint density at radius 1 is 1.08 bits per heavy atom. The van der Waals surface area contributed by atoms with E-state index in [4.69, 9.17) is 0 Å². The summed E-state index contributed by atoms with van der Waals surface area (Å²) in [7, 11) is 0. The molecule has 0 unspecified atom stereocenters. The van der Waals surface area contributed by atoms with Crippen molar-refractivity contribution in [3.63, 3.8) is 0 Å². The third-order valence-corrected chi connectivity index (χ3v) is 7.84. The fourth-order valence-corrected chi connectivity index (χ4v) is 6.33. The summed E-state index contributed by atoms with van der Waals surface area (Å²) in [5, 5.41) is 22.7. The van der Waals surface area contributed by atoms with Gasteiger partial charge in [-0.25, -0.2) is 0 Å². The van der Waals surface area contributed by atoms with Gasteiger partial charge in [0.15, 0.2) is 0 Å². The predicted molar refractivity (Wildman–Crippen MR) is 97.8 cm³/mol. The first kappa shape index (κ1) is 17.9.